The maximum absolute atomic E-state index is 13.0. The fraction of sp³-hybridized carbons (Fsp3) is 0.455. The maximum Gasteiger partial charge on any atom is 0.123 e. The van der Waals surface area contributed by atoms with Gasteiger partial charge < -0.3 is 9.47 Å². The second kappa shape index (κ2) is 13.2. The minimum atomic E-state index is -0.270. The molecule has 0 radical (unpaired) electrons. The van der Waals surface area contributed by atoms with Gasteiger partial charge >= 0.3 is 0 Å². The SMILES string of the molecule is CC.CC.Cc1cc(F)ccc1OCC(C)COc1ccc(F)cc1C. The zero-order valence-corrected chi connectivity index (χ0v) is 17.0. The second-order valence-electron chi connectivity index (χ2n) is 5.55. The molecule has 0 fully saturated rings. The van der Waals surface area contributed by atoms with E-state index >= 15 is 0 Å². The van der Waals surface area contributed by atoms with Crippen molar-refractivity contribution in [2.24, 2.45) is 5.92 Å². The summed E-state index contributed by atoms with van der Waals surface area (Å²) in [4.78, 5) is 0. The maximum atomic E-state index is 13.0. The van der Waals surface area contributed by atoms with E-state index in [1.54, 1.807) is 26.0 Å². The molecule has 0 unspecified atom stereocenters. The molecule has 0 N–H and O–H groups in total. The van der Waals surface area contributed by atoms with Crippen LogP contribution in [0.2, 0.25) is 0 Å². The summed E-state index contributed by atoms with van der Waals surface area (Å²) in [6, 6.07) is 8.90. The number of rotatable bonds is 6. The van der Waals surface area contributed by atoms with Gasteiger partial charge in [-0.15, -0.1) is 0 Å². The molecule has 0 saturated heterocycles. The summed E-state index contributed by atoms with van der Waals surface area (Å²) < 4.78 is 37.4. The number of hydrogen-bond donors (Lipinski definition) is 0. The molecular weight excluding hydrogens is 334 g/mol. The van der Waals surface area contributed by atoms with Gasteiger partial charge in [-0.3, -0.25) is 0 Å². The highest BCUT2D eigenvalue weighted by molar-refractivity contribution is 5.33. The molecule has 2 aromatic carbocycles. The van der Waals surface area contributed by atoms with E-state index in [-0.39, 0.29) is 17.6 Å². The minimum Gasteiger partial charge on any atom is -0.493 e. The predicted octanol–water partition coefficient (Wildman–Crippen LogP) is 6.73. The lowest BCUT2D eigenvalue weighted by Crippen LogP contribution is -2.17. The van der Waals surface area contributed by atoms with E-state index in [1.165, 1.54) is 24.3 Å². The summed E-state index contributed by atoms with van der Waals surface area (Å²) in [7, 11) is 0. The van der Waals surface area contributed by atoms with Crippen molar-refractivity contribution in [3.05, 3.63) is 59.2 Å². The smallest absolute Gasteiger partial charge is 0.123 e. The van der Waals surface area contributed by atoms with Crippen LogP contribution in [0.3, 0.4) is 0 Å². The van der Waals surface area contributed by atoms with Crippen LogP contribution in [0.25, 0.3) is 0 Å². The zero-order valence-electron chi connectivity index (χ0n) is 17.0. The fourth-order valence-corrected chi connectivity index (χ4v) is 2.06. The topological polar surface area (TPSA) is 18.5 Å². The first-order chi connectivity index (χ1) is 12.5. The largest absolute Gasteiger partial charge is 0.493 e. The number of halogens is 2. The lowest BCUT2D eigenvalue weighted by atomic mass is 10.2. The van der Waals surface area contributed by atoms with E-state index in [4.69, 9.17) is 9.47 Å². The van der Waals surface area contributed by atoms with E-state index in [9.17, 15) is 8.78 Å². The highest BCUT2D eigenvalue weighted by Gasteiger charge is 2.08. The molecule has 2 aromatic rings. The van der Waals surface area contributed by atoms with Crippen molar-refractivity contribution in [3.63, 3.8) is 0 Å². The van der Waals surface area contributed by atoms with Gasteiger partial charge in [0.2, 0.25) is 0 Å². The number of hydrogen-bond acceptors (Lipinski definition) is 2. The van der Waals surface area contributed by atoms with Gasteiger partial charge in [0.1, 0.15) is 23.1 Å². The van der Waals surface area contributed by atoms with Crippen LogP contribution in [0, 0.1) is 31.4 Å². The fourth-order valence-electron chi connectivity index (χ4n) is 2.06. The molecule has 0 spiro atoms. The molecule has 26 heavy (non-hydrogen) atoms. The summed E-state index contributed by atoms with van der Waals surface area (Å²) >= 11 is 0. The summed E-state index contributed by atoms with van der Waals surface area (Å²) in [6.07, 6.45) is 0. The molecule has 146 valence electrons. The van der Waals surface area contributed by atoms with Gasteiger partial charge in [0.15, 0.2) is 0 Å². The summed E-state index contributed by atoms with van der Waals surface area (Å²) in [6.45, 7) is 14.5. The van der Waals surface area contributed by atoms with Crippen molar-refractivity contribution in [1.29, 1.82) is 0 Å². The Morgan fingerprint density at radius 3 is 1.38 bits per heavy atom. The second-order valence-corrected chi connectivity index (χ2v) is 5.55. The molecule has 0 aromatic heterocycles. The third kappa shape index (κ3) is 8.32. The normalized spacial score (nSPS) is 9.62. The van der Waals surface area contributed by atoms with Gasteiger partial charge in [-0.25, -0.2) is 8.78 Å². The number of benzene rings is 2. The van der Waals surface area contributed by atoms with Gasteiger partial charge in [0.05, 0.1) is 13.2 Å². The Morgan fingerprint density at radius 2 is 1.08 bits per heavy atom. The Hall–Kier alpha value is -2.10. The molecule has 0 saturated carbocycles. The van der Waals surface area contributed by atoms with Gasteiger partial charge in [0.25, 0.3) is 0 Å². The van der Waals surface area contributed by atoms with E-state index in [1.807, 2.05) is 34.6 Å². The van der Waals surface area contributed by atoms with Crippen molar-refractivity contribution in [1.82, 2.24) is 0 Å². The first kappa shape index (κ1) is 23.9. The van der Waals surface area contributed by atoms with Gasteiger partial charge in [-0.05, 0) is 61.4 Å². The minimum absolute atomic E-state index is 0.147. The van der Waals surface area contributed by atoms with Crippen molar-refractivity contribution in [2.75, 3.05) is 13.2 Å². The van der Waals surface area contributed by atoms with Gasteiger partial charge in [-0.1, -0.05) is 34.6 Å². The lowest BCUT2D eigenvalue weighted by Gasteiger charge is -2.16. The Labute approximate surface area is 157 Å². The lowest BCUT2D eigenvalue weighted by molar-refractivity contribution is 0.186. The number of ether oxygens (including phenoxy) is 2. The molecular formula is C22H32F2O2. The van der Waals surface area contributed by atoms with Gasteiger partial charge in [-0.2, -0.15) is 0 Å². The Kier molecular flexibility index (Phi) is 12.1. The Bertz CT molecular complexity index is 587. The van der Waals surface area contributed by atoms with Crippen LogP contribution in [-0.4, -0.2) is 13.2 Å². The molecule has 0 heterocycles. The van der Waals surface area contributed by atoms with Gasteiger partial charge in [0, 0.05) is 5.92 Å². The standard InChI is InChI=1S/C18H20F2O2.2C2H6/c1-12(10-21-17-6-4-15(19)8-13(17)2)11-22-18-7-5-16(20)9-14(18)3;2*1-2/h4-9,12H,10-11H2,1-3H3;2*1-2H3. The average molecular weight is 366 g/mol. The summed E-state index contributed by atoms with van der Waals surface area (Å²) in [5.74, 6) is 0.951. The quantitative estimate of drug-likeness (QED) is 0.564. The third-order valence-electron chi connectivity index (χ3n) is 3.32. The van der Waals surface area contributed by atoms with Crippen LogP contribution in [-0.2, 0) is 0 Å². The molecule has 0 amide bonds. The Balaban J connectivity index is 0.00000146. The molecule has 0 atom stereocenters. The molecule has 4 heteroatoms. The van der Waals surface area contributed by atoms with Crippen LogP contribution in [0.4, 0.5) is 8.78 Å². The van der Waals surface area contributed by atoms with Crippen molar-refractivity contribution < 1.29 is 18.3 Å². The van der Waals surface area contributed by atoms with Crippen LogP contribution >= 0.6 is 0 Å². The Morgan fingerprint density at radius 1 is 0.731 bits per heavy atom. The summed E-state index contributed by atoms with van der Waals surface area (Å²) in [5, 5.41) is 0. The molecule has 2 rings (SSSR count). The highest BCUT2D eigenvalue weighted by atomic mass is 19.1. The van der Waals surface area contributed by atoms with Crippen LogP contribution in [0.5, 0.6) is 11.5 Å². The van der Waals surface area contributed by atoms with Crippen LogP contribution < -0.4 is 9.47 Å². The average Bonchev–Trinajstić information content (AvgIpc) is 2.63. The first-order valence-electron chi connectivity index (χ1n) is 9.23. The van der Waals surface area contributed by atoms with Crippen LogP contribution in [0.1, 0.15) is 45.7 Å². The number of aryl methyl sites for hydroxylation is 2. The molecule has 0 bridgehead atoms. The molecule has 0 aliphatic heterocycles. The van der Waals surface area contributed by atoms with Crippen molar-refractivity contribution in [2.45, 2.75) is 48.5 Å². The predicted molar refractivity (Wildman–Crippen MR) is 105 cm³/mol. The summed E-state index contributed by atoms with van der Waals surface area (Å²) in [5.41, 5.74) is 1.53. The van der Waals surface area contributed by atoms with E-state index in [2.05, 4.69) is 0 Å². The van der Waals surface area contributed by atoms with E-state index in [0.29, 0.717) is 24.7 Å². The molecule has 0 aliphatic rings. The third-order valence-corrected chi connectivity index (χ3v) is 3.32. The van der Waals surface area contributed by atoms with Crippen molar-refractivity contribution >= 4 is 0 Å². The highest BCUT2D eigenvalue weighted by Crippen LogP contribution is 2.21. The van der Waals surface area contributed by atoms with E-state index < -0.39 is 0 Å². The first-order valence-corrected chi connectivity index (χ1v) is 9.23. The zero-order chi connectivity index (χ0) is 20.1. The molecule has 2 nitrogen and oxygen atoms in total. The van der Waals surface area contributed by atoms with Crippen molar-refractivity contribution in [3.8, 4) is 11.5 Å². The molecule has 0 aliphatic carbocycles. The van der Waals surface area contributed by atoms with E-state index in [0.717, 1.165) is 11.1 Å². The van der Waals surface area contributed by atoms with Crippen LogP contribution in [0.15, 0.2) is 36.4 Å². The monoisotopic (exact) mass is 366 g/mol.